The first-order chi connectivity index (χ1) is 12.6. The lowest BCUT2D eigenvalue weighted by molar-refractivity contribution is -0.133. The molecule has 0 N–H and O–H groups in total. The van der Waals surface area contributed by atoms with Crippen LogP contribution in [0.25, 0.3) is 11.5 Å². The molecule has 4 rings (SSSR count). The number of amides is 1. The quantitative estimate of drug-likeness (QED) is 0.836. The summed E-state index contributed by atoms with van der Waals surface area (Å²) in [6.45, 7) is 5.82. The summed E-state index contributed by atoms with van der Waals surface area (Å²) in [5, 5.41) is 8.43. The minimum absolute atomic E-state index is 0.0927. The summed E-state index contributed by atoms with van der Waals surface area (Å²) in [6, 6.07) is 5.57. The van der Waals surface area contributed by atoms with Crippen LogP contribution in [0.1, 0.15) is 44.9 Å². The molecule has 7 nitrogen and oxygen atoms in total. The van der Waals surface area contributed by atoms with E-state index in [9.17, 15) is 4.79 Å². The molecule has 0 spiro atoms. The number of nitrogens with zero attached hydrogens (tertiary/aromatic N) is 3. The molecule has 1 fully saturated rings. The topological polar surface area (TPSA) is 77.7 Å². The lowest BCUT2D eigenvalue weighted by atomic mass is 9.97. The van der Waals surface area contributed by atoms with Gasteiger partial charge < -0.3 is 18.8 Å². The Morgan fingerprint density at radius 3 is 2.96 bits per heavy atom. The van der Waals surface area contributed by atoms with Gasteiger partial charge in [-0.3, -0.25) is 4.79 Å². The third kappa shape index (κ3) is 3.38. The molecule has 1 aromatic heterocycles. The van der Waals surface area contributed by atoms with E-state index in [1.807, 2.05) is 23.1 Å². The Morgan fingerprint density at radius 1 is 1.27 bits per heavy atom. The summed E-state index contributed by atoms with van der Waals surface area (Å²) >= 11 is 0. The Balaban J connectivity index is 1.48. The number of likely N-dealkylation sites (tertiary alicyclic amines) is 1. The zero-order valence-corrected chi connectivity index (χ0v) is 15.1. The molecule has 1 amide bonds. The zero-order chi connectivity index (χ0) is 18.1. The SMILES string of the molecule is CC(C)CC(=O)N1CCC[C@H](c2nnc(-c3ccc4c(c3)OCO4)o2)C1. The fourth-order valence-electron chi connectivity index (χ4n) is 3.43. The number of benzene rings is 1. The van der Waals surface area contributed by atoms with Crippen molar-refractivity contribution in [3.05, 3.63) is 24.1 Å². The van der Waals surface area contributed by atoms with Gasteiger partial charge in [-0.15, -0.1) is 10.2 Å². The Hall–Kier alpha value is -2.57. The molecule has 1 atom stereocenters. The number of carbonyl (C=O) groups excluding carboxylic acids is 1. The molecular formula is C19H23N3O4. The molecule has 1 aromatic carbocycles. The van der Waals surface area contributed by atoms with Gasteiger partial charge >= 0.3 is 0 Å². The summed E-state index contributed by atoms with van der Waals surface area (Å²) < 4.78 is 16.6. The minimum Gasteiger partial charge on any atom is -0.454 e. The van der Waals surface area contributed by atoms with Crippen molar-refractivity contribution in [1.82, 2.24) is 15.1 Å². The molecule has 1 saturated heterocycles. The average Bonchev–Trinajstić information content (AvgIpc) is 3.30. The monoisotopic (exact) mass is 357 g/mol. The van der Waals surface area contributed by atoms with Crippen molar-refractivity contribution < 1.29 is 18.7 Å². The first-order valence-electron chi connectivity index (χ1n) is 9.11. The van der Waals surface area contributed by atoms with Crippen LogP contribution in [0.4, 0.5) is 0 Å². The van der Waals surface area contributed by atoms with Gasteiger partial charge in [0.25, 0.3) is 0 Å². The molecule has 2 aliphatic rings. The second-order valence-corrected chi connectivity index (χ2v) is 7.29. The van der Waals surface area contributed by atoms with Gasteiger partial charge in [0.1, 0.15) is 0 Å². The number of aromatic nitrogens is 2. The van der Waals surface area contributed by atoms with Crippen molar-refractivity contribution in [1.29, 1.82) is 0 Å². The van der Waals surface area contributed by atoms with Crippen LogP contribution in [0.2, 0.25) is 0 Å². The summed E-state index contributed by atoms with van der Waals surface area (Å²) in [7, 11) is 0. The first kappa shape index (κ1) is 16.9. The van der Waals surface area contributed by atoms with Crippen molar-refractivity contribution in [2.75, 3.05) is 19.9 Å². The number of ether oxygens (including phenoxy) is 2. The number of hydrogen-bond donors (Lipinski definition) is 0. The maximum absolute atomic E-state index is 12.4. The van der Waals surface area contributed by atoms with Gasteiger partial charge in [0.05, 0.1) is 5.92 Å². The van der Waals surface area contributed by atoms with Crippen LogP contribution < -0.4 is 9.47 Å². The molecule has 7 heteroatoms. The van der Waals surface area contributed by atoms with E-state index in [1.165, 1.54) is 0 Å². The first-order valence-corrected chi connectivity index (χ1v) is 9.11. The fourth-order valence-corrected chi connectivity index (χ4v) is 3.43. The molecule has 0 saturated carbocycles. The van der Waals surface area contributed by atoms with E-state index < -0.39 is 0 Å². The lowest BCUT2D eigenvalue weighted by Crippen LogP contribution is -2.39. The van der Waals surface area contributed by atoms with Crippen LogP contribution in [-0.4, -0.2) is 40.9 Å². The van der Waals surface area contributed by atoms with Crippen LogP contribution in [0.3, 0.4) is 0 Å². The van der Waals surface area contributed by atoms with Gasteiger partial charge in [-0.05, 0) is 37.0 Å². The Morgan fingerprint density at radius 2 is 2.12 bits per heavy atom. The Bertz CT molecular complexity index is 802. The van der Waals surface area contributed by atoms with Gasteiger partial charge in [0.15, 0.2) is 11.5 Å². The number of carbonyl (C=O) groups is 1. The summed E-state index contributed by atoms with van der Waals surface area (Å²) in [6.07, 6.45) is 2.49. The minimum atomic E-state index is 0.0927. The van der Waals surface area contributed by atoms with Crippen molar-refractivity contribution in [3.8, 4) is 23.0 Å². The van der Waals surface area contributed by atoms with Crippen molar-refractivity contribution in [2.24, 2.45) is 5.92 Å². The van der Waals surface area contributed by atoms with Crippen molar-refractivity contribution >= 4 is 5.91 Å². The lowest BCUT2D eigenvalue weighted by Gasteiger charge is -2.31. The second-order valence-electron chi connectivity index (χ2n) is 7.29. The van der Waals surface area contributed by atoms with E-state index >= 15 is 0 Å². The van der Waals surface area contributed by atoms with Crippen LogP contribution in [-0.2, 0) is 4.79 Å². The van der Waals surface area contributed by atoms with Gasteiger partial charge in [0.2, 0.25) is 24.5 Å². The fraction of sp³-hybridized carbons (Fsp3) is 0.526. The van der Waals surface area contributed by atoms with Gasteiger partial charge in [-0.25, -0.2) is 0 Å². The van der Waals surface area contributed by atoms with Gasteiger partial charge in [0, 0.05) is 25.1 Å². The summed E-state index contributed by atoms with van der Waals surface area (Å²) in [4.78, 5) is 14.3. The van der Waals surface area contributed by atoms with E-state index in [2.05, 4.69) is 24.0 Å². The third-order valence-corrected chi connectivity index (χ3v) is 4.77. The number of fused-ring (bicyclic) bond motifs is 1. The molecule has 0 unspecified atom stereocenters. The Labute approximate surface area is 152 Å². The van der Waals surface area contributed by atoms with E-state index in [-0.39, 0.29) is 18.6 Å². The molecule has 138 valence electrons. The molecule has 0 aliphatic carbocycles. The number of piperidine rings is 1. The number of hydrogen-bond acceptors (Lipinski definition) is 6. The average molecular weight is 357 g/mol. The van der Waals surface area contributed by atoms with Crippen molar-refractivity contribution in [2.45, 2.75) is 39.0 Å². The van der Waals surface area contributed by atoms with Crippen LogP contribution in [0.15, 0.2) is 22.6 Å². The van der Waals surface area contributed by atoms with Crippen molar-refractivity contribution in [3.63, 3.8) is 0 Å². The molecule has 2 aliphatic heterocycles. The van der Waals surface area contributed by atoms with Gasteiger partial charge in [-0.2, -0.15) is 0 Å². The predicted octanol–water partition coefficient (Wildman–Crippen LogP) is 3.22. The number of rotatable bonds is 4. The molecule has 0 radical (unpaired) electrons. The normalized spacial score (nSPS) is 19.2. The standard InChI is InChI=1S/C19H23N3O4/c1-12(2)8-17(23)22-7-3-4-14(10-22)19-21-20-18(26-19)13-5-6-15-16(9-13)25-11-24-15/h5-6,9,12,14H,3-4,7-8,10-11H2,1-2H3/t14-/m0/s1. The second kappa shape index (κ2) is 6.97. The van der Waals surface area contributed by atoms with E-state index in [4.69, 9.17) is 13.9 Å². The summed E-state index contributed by atoms with van der Waals surface area (Å²) in [5.74, 6) is 3.13. The smallest absolute Gasteiger partial charge is 0.247 e. The highest BCUT2D eigenvalue weighted by Crippen LogP contribution is 2.36. The maximum atomic E-state index is 12.4. The summed E-state index contributed by atoms with van der Waals surface area (Å²) in [5.41, 5.74) is 0.802. The van der Waals surface area contributed by atoms with E-state index in [0.29, 0.717) is 36.4 Å². The molecule has 2 aromatic rings. The third-order valence-electron chi connectivity index (χ3n) is 4.77. The maximum Gasteiger partial charge on any atom is 0.247 e. The molecule has 0 bridgehead atoms. The zero-order valence-electron chi connectivity index (χ0n) is 15.1. The highest BCUT2D eigenvalue weighted by Gasteiger charge is 2.29. The van der Waals surface area contributed by atoms with E-state index in [1.54, 1.807) is 0 Å². The van der Waals surface area contributed by atoms with E-state index in [0.717, 1.165) is 30.7 Å². The highest BCUT2D eigenvalue weighted by atomic mass is 16.7. The van der Waals surface area contributed by atoms with Crippen LogP contribution in [0.5, 0.6) is 11.5 Å². The molecular weight excluding hydrogens is 334 g/mol. The van der Waals surface area contributed by atoms with Crippen LogP contribution in [0, 0.1) is 5.92 Å². The molecule has 26 heavy (non-hydrogen) atoms. The highest BCUT2D eigenvalue weighted by molar-refractivity contribution is 5.76. The van der Waals surface area contributed by atoms with Crippen LogP contribution >= 0.6 is 0 Å². The van der Waals surface area contributed by atoms with Gasteiger partial charge in [-0.1, -0.05) is 13.8 Å². The molecule has 3 heterocycles. The predicted molar refractivity (Wildman–Crippen MR) is 93.9 cm³/mol. The largest absolute Gasteiger partial charge is 0.454 e. The Kier molecular flexibility index (Phi) is 4.53.